The van der Waals surface area contributed by atoms with Crippen LogP contribution < -0.4 is 5.43 Å². The molecular formula is C11H17N2O+. The van der Waals surface area contributed by atoms with Gasteiger partial charge in [-0.15, -0.1) is 10.1 Å². The monoisotopic (exact) mass is 193 g/mol. The maximum Gasteiger partial charge on any atom is 0.284 e. The Kier molecular flexibility index (Phi) is 1.56. The Morgan fingerprint density at radius 3 is 2.79 bits per heavy atom. The molecule has 1 heterocycles. The average molecular weight is 193 g/mol. The molecule has 0 spiro atoms. The van der Waals surface area contributed by atoms with Gasteiger partial charge in [0.25, 0.3) is 5.91 Å². The van der Waals surface area contributed by atoms with Gasteiger partial charge in [-0.25, -0.2) is 0 Å². The Balaban J connectivity index is 2.03. The van der Waals surface area contributed by atoms with Crippen LogP contribution >= 0.6 is 0 Å². The fraction of sp³-hybridized carbons (Fsp3) is 0.818. The van der Waals surface area contributed by atoms with E-state index in [0.29, 0.717) is 17.9 Å². The second-order valence-corrected chi connectivity index (χ2v) is 5.14. The van der Waals surface area contributed by atoms with E-state index in [0.717, 1.165) is 5.92 Å². The van der Waals surface area contributed by atoms with E-state index in [-0.39, 0.29) is 5.91 Å². The van der Waals surface area contributed by atoms with Crippen LogP contribution in [0.3, 0.4) is 0 Å². The summed E-state index contributed by atoms with van der Waals surface area (Å²) in [6.07, 6.45) is 3.88. The first-order valence-corrected chi connectivity index (χ1v) is 5.58. The van der Waals surface area contributed by atoms with E-state index in [4.69, 9.17) is 0 Å². The lowest BCUT2D eigenvalue weighted by atomic mass is 9.85. The highest BCUT2D eigenvalue weighted by Gasteiger charge is 2.61. The van der Waals surface area contributed by atoms with Gasteiger partial charge < -0.3 is 0 Å². The lowest BCUT2D eigenvalue weighted by Crippen LogP contribution is -2.36. The number of hydrazine groups is 1. The number of carbonyl (C=O) groups excluding carboxylic acids is 1. The van der Waals surface area contributed by atoms with Crippen molar-refractivity contribution in [2.75, 3.05) is 0 Å². The molecule has 4 atom stereocenters. The van der Waals surface area contributed by atoms with E-state index in [1.807, 2.05) is 0 Å². The van der Waals surface area contributed by atoms with Gasteiger partial charge in [0, 0.05) is 19.8 Å². The molecule has 2 saturated carbocycles. The number of nitrogens with one attached hydrogen (secondary N) is 1. The van der Waals surface area contributed by atoms with Crippen LogP contribution in [0.15, 0.2) is 0 Å². The lowest BCUT2D eigenvalue weighted by Gasteiger charge is -2.17. The number of rotatable bonds is 0. The fourth-order valence-corrected chi connectivity index (χ4v) is 3.68. The first-order valence-electron chi connectivity index (χ1n) is 5.58. The van der Waals surface area contributed by atoms with Crippen molar-refractivity contribution in [1.82, 2.24) is 5.43 Å². The van der Waals surface area contributed by atoms with Crippen molar-refractivity contribution in [3.8, 4) is 0 Å². The third kappa shape index (κ3) is 0.877. The summed E-state index contributed by atoms with van der Waals surface area (Å²) in [6.45, 7) is 4.16. The summed E-state index contributed by atoms with van der Waals surface area (Å²) < 4.78 is 2.12. The molecule has 3 aliphatic rings. The van der Waals surface area contributed by atoms with Gasteiger partial charge in [-0.1, -0.05) is 0 Å². The molecule has 2 aliphatic carbocycles. The average Bonchev–Trinajstić information content (AvgIpc) is 2.75. The van der Waals surface area contributed by atoms with Crippen molar-refractivity contribution < 1.29 is 9.48 Å². The molecule has 0 aromatic heterocycles. The molecule has 2 bridgehead atoms. The molecule has 1 N–H and O–H groups in total. The molecule has 3 fully saturated rings. The molecule has 1 aliphatic heterocycles. The maximum atomic E-state index is 11.8. The number of hydrogen-bond acceptors (Lipinski definition) is 1. The summed E-state index contributed by atoms with van der Waals surface area (Å²) in [5, 5.41) is 0. The third-order valence-electron chi connectivity index (χ3n) is 4.19. The minimum atomic E-state index is 0.267. The molecule has 14 heavy (non-hydrogen) atoms. The first kappa shape index (κ1) is 8.45. The minimum Gasteiger partial charge on any atom is -0.269 e. The van der Waals surface area contributed by atoms with E-state index in [9.17, 15) is 4.79 Å². The zero-order valence-corrected chi connectivity index (χ0v) is 8.79. The van der Waals surface area contributed by atoms with Gasteiger partial charge in [-0.05, 0) is 25.2 Å². The minimum absolute atomic E-state index is 0.267. The molecule has 76 valence electrons. The highest BCUT2D eigenvalue weighted by molar-refractivity contribution is 5.83. The number of nitrogens with zero attached hydrogens (tertiary/aromatic N) is 1. The lowest BCUT2D eigenvalue weighted by molar-refractivity contribution is -0.603. The Labute approximate surface area is 84.2 Å². The largest absolute Gasteiger partial charge is 0.284 e. The van der Waals surface area contributed by atoms with Crippen LogP contribution in [0, 0.1) is 17.8 Å². The van der Waals surface area contributed by atoms with Gasteiger partial charge in [0.05, 0.1) is 0 Å². The number of carbonyl (C=O) groups is 1. The zero-order chi connectivity index (χ0) is 9.87. The van der Waals surface area contributed by atoms with Gasteiger partial charge in [-0.3, -0.25) is 4.79 Å². The number of fused-ring (bicyclic) bond motifs is 5. The Morgan fingerprint density at radius 1 is 1.36 bits per heavy atom. The smallest absolute Gasteiger partial charge is 0.269 e. The Hall–Kier alpha value is -0.860. The standard InChI is InChI=1S/C11H16N2O/c1-6(2)13-10-8-4-3-7(5-8)9(10)11(14)12-13/h7-10H,3-5H2,1-2H3/p+1/t7-,8+,9+,10-/m1/s1. The zero-order valence-electron chi connectivity index (χ0n) is 8.79. The van der Waals surface area contributed by atoms with E-state index in [1.165, 1.54) is 25.0 Å². The van der Waals surface area contributed by atoms with E-state index < -0.39 is 0 Å². The molecule has 0 aromatic rings. The van der Waals surface area contributed by atoms with Crippen LogP contribution in [-0.4, -0.2) is 22.3 Å². The maximum absolute atomic E-state index is 11.8. The molecular weight excluding hydrogens is 176 g/mol. The highest BCUT2D eigenvalue weighted by atomic mass is 16.2. The van der Waals surface area contributed by atoms with Crippen molar-refractivity contribution in [2.45, 2.75) is 39.2 Å². The van der Waals surface area contributed by atoms with E-state index in [1.54, 1.807) is 0 Å². The molecule has 1 amide bonds. The predicted molar refractivity (Wildman–Crippen MR) is 52.9 cm³/mol. The van der Waals surface area contributed by atoms with Crippen molar-refractivity contribution in [1.29, 1.82) is 0 Å². The highest BCUT2D eigenvalue weighted by Crippen LogP contribution is 2.51. The molecule has 0 unspecified atom stereocenters. The van der Waals surface area contributed by atoms with E-state index >= 15 is 0 Å². The van der Waals surface area contributed by atoms with Crippen LogP contribution in [0.1, 0.15) is 33.1 Å². The normalized spacial score (nSPS) is 44.1. The predicted octanol–water partition coefficient (Wildman–Crippen LogP) is 0.939. The number of hydrogen-bond donors (Lipinski definition) is 1. The number of hydrazone groups is 1. The van der Waals surface area contributed by atoms with Crippen molar-refractivity contribution in [3.63, 3.8) is 0 Å². The topological polar surface area (TPSA) is 32.1 Å². The van der Waals surface area contributed by atoms with Crippen LogP contribution in [-0.2, 0) is 4.79 Å². The molecule has 3 nitrogen and oxygen atoms in total. The van der Waals surface area contributed by atoms with Crippen LogP contribution in [0.5, 0.6) is 0 Å². The van der Waals surface area contributed by atoms with Gasteiger partial charge in [-0.2, -0.15) is 0 Å². The molecule has 1 saturated heterocycles. The van der Waals surface area contributed by atoms with Crippen LogP contribution in [0.2, 0.25) is 0 Å². The van der Waals surface area contributed by atoms with Crippen molar-refractivity contribution in [3.05, 3.63) is 0 Å². The Bertz CT molecular complexity index is 330. The van der Waals surface area contributed by atoms with Gasteiger partial charge >= 0.3 is 0 Å². The summed E-state index contributed by atoms with van der Waals surface area (Å²) in [5.74, 6) is 2.00. The second-order valence-electron chi connectivity index (χ2n) is 5.14. The molecule has 3 heteroatoms. The third-order valence-corrected chi connectivity index (χ3v) is 4.19. The second kappa shape index (κ2) is 2.59. The summed E-state index contributed by atoms with van der Waals surface area (Å²) in [5.41, 5.74) is 4.23. The molecule has 0 radical (unpaired) electrons. The fourth-order valence-electron chi connectivity index (χ4n) is 3.68. The summed E-state index contributed by atoms with van der Waals surface area (Å²) in [7, 11) is 0. The van der Waals surface area contributed by atoms with E-state index in [2.05, 4.69) is 24.0 Å². The SMILES string of the molecule is CC(C)=[N+]1NC(=O)[C@H]2[C@@H]3CC[C@@H](C3)[C@H]21. The molecule has 0 aromatic carbocycles. The quantitative estimate of drug-likeness (QED) is 0.570. The van der Waals surface area contributed by atoms with Crippen LogP contribution in [0.4, 0.5) is 0 Å². The summed E-state index contributed by atoms with van der Waals surface area (Å²) in [4.78, 5) is 11.8. The first-order chi connectivity index (χ1) is 6.68. The van der Waals surface area contributed by atoms with Gasteiger partial charge in [0.2, 0.25) is 0 Å². The van der Waals surface area contributed by atoms with Crippen LogP contribution in [0.25, 0.3) is 0 Å². The molecule has 3 rings (SSSR count). The van der Waals surface area contributed by atoms with Gasteiger partial charge in [0.15, 0.2) is 11.8 Å². The van der Waals surface area contributed by atoms with Crippen molar-refractivity contribution >= 4 is 11.6 Å². The summed E-state index contributed by atoms with van der Waals surface area (Å²) >= 11 is 0. The Morgan fingerprint density at radius 2 is 2.07 bits per heavy atom. The summed E-state index contributed by atoms with van der Waals surface area (Å²) in [6, 6.07) is 0.478. The van der Waals surface area contributed by atoms with Gasteiger partial charge in [0.1, 0.15) is 5.92 Å². The van der Waals surface area contributed by atoms with Crippen molar-refractivity contribution in [2.24, 2.45) is 17.8 Å². The number of amides is 1.